The van der Waals surface area contributed by atoms with E-state index in [0.717, 1.165) is 19.6 Å². The van der Waals surface area contributed by atoms with Crippen LogP contribution in [0.5, 0.6) is 0 Å². The molecule has 0 bridgehead atoms. The molecule has 0 aromatic carbocycles. The Morgan fingerprint density at radius 2 is 1.95 bits per heavy atom. The van der Waals surface area contributed by atoms with Gasteiger partial charge in [-0.25, -0.2) is 0 Å². The Labute approximate surface area is 129 Å². The van der Waals surface area contributed by atoms with Gasteiger partial charge in [-0.15, -0.1) is 6.58 Å². The summed E-state index contributed by atoms with van der Waals surface area (Å²) < 4.78 is 11.9. The SMILES string of the molecule is C=CCO[C@@H]1CC[C@H]2[C@H]1OCCN2CCN1CCCCC1. The van der Waals surface area contributed by atoms with Gasteiger partial charge in [0.25, 0.3) is 0 Å². The molecule has 3 rings (SSSR count). The highest BCUT2D eigenvalue weighted by atomic mass is 16.5. The fraction of sp³-hybridized carbons (Fsp3) is 0.882. The van der Waals surface area contributed by atoms with Crippen molar-refractivity contribution in [3.63, 3.8) is 0 Å². The summed E-state index contributed by atoms with van der Waals surface area (Å²) in [4.78, 5) is 5.29. The predicted octanol–water partition coefficient (Wildman–Crippen LogP) is 1.91. The molecule has 4 nitrogen and oxygen atoms in total. The summed E-state index contributed by atoms with van der Waals surface area (Å²) in [6.07, 6.45) is 8.91. The summed E-state index contributed by atoms with van der Waals surface area (Å²) in [5.74, 6) is 0. The van der Waals surface area contributed by atoms with E-state index in [1.807, 2.05) is 6.08 Å². The van der Waals surface area contributed by atoms with Crippen LogP contribution in [-0.4, -0.2) is 74.0 Å². The molecule has 3 aliphatic rings. The Morgan fingerprint density at radius 1 is 1.10 bits per heavy atom. The normalized spacial score (nSPS) is 34.8. The number of hydrogen-bond donors (Lipinski definition) is 0. The van der Waals surface area contributed by atoms with Crippen LogP contribution in [0.25, 0.3) is 0 Å². The predicted molar refractivity (Wildman–Crippen MR) is 84.6 cm³/mol. The van der Waals surface area contributed by atoms with Crippen molar-refractivity contribution in [2.24, 2.45) is 0 Å². The maximum atomic E-state index is 6.02. The van der Waals surface area contributed by atoms with Crippen LogP contribution in [-0.2, 0) is 9.47 Å². The molecule has 0 unspecified atom stereocenters. The number of rotatable bonds is 6. The van der Waals surface area contributed by atoms with Crippen LogP contribution in [0.1, 0.15) is 32.1 Å². The summed E-state index contributed by atoms with van der Waals surface area (Å²) in [7, 11) is 0. The van der Waals surface area contributed by atoms with E-state index >= 15 is 0 Å². The van der Waals surface area contributed by atoms with E-state index in [0.29, 0.717) is 12.6 Å². The van der Waals surface area contributed by atoms with E-state index in [-0.39, 0.29) is 12.2 Å². The topological polar surface area (TPSA) is 24.9 Å². The lowest BCUT2D eigenvalue weighted by Gasteiger charge is -2.40. The highest BCUT2D eigenvalue weighted by Gasteiger charge is 2.43. The second-order valence-corrected chi connectivity index (χ2v) is 6.58. The molecule has 4 heteroatoms. The van der Waals surface area contributed by atoms with Crippen molar-refractivity contribution >= 4 is 0 Å². The van der Waals surface area contributed by atoms with Crippen LogP contribution in [0, 0.1) is 0 Å². The average molecular weight is 294 g/mol. The number of ether oxygens (including phenoxy) is 2. The lowest BCUT2D eigenvalue weighted by atomic mass is 10.1. The lowest BCUT2D eigenvalue weighted by Crippen LogP contribution is -2.53. The number of nitrogens with zero attached hydrogens (tertiary/aromatic N) is 2. The van der Waals surface area contributed by atoms with Crippen molar-refractivity contribution in [3.8, 4) is 0 Å². The Balaban J connectivity index is 1.48. The maximum absolute atomic E-state index is 6.02. The molecule has 2 aliphatic heterocycles. The minimum atomic E-state index is 0.269. The molecule has 1 saturated carbocycles. The van der Waals surface area contributed by atoms with Crippen LogP contribution in [0.2, 0.25) is 0 Å². The summed E-state index contributed by atoms with van der Waals surface area (Å²) in [6, 6.07) is 0.568. The summed E-state index contributed by atoms with van der Waals surface area (Å²) in [5, 5.41) is 0. The Bertz CT molecular complexity index is 331. The van der Waals surface area contributed by atoms with Crippen molar-refractivity contribution < 1.29 is 9.47 Å². The van der Waals surface area contributed by atoms with Gasteiger partial charge in [0.2, 0.25) is 0 Å². The first kappa shape index (κ1) is 15.5. The van der Waals surface area contributed by atoms with Gasteiger partial charge in [-0.05, 0) is 38.8 Å². The number of fused-ring (bicyclic) bond motifs is 1. The highest BCUT2D eigenvalue weighted by molar-refractivity contribution is 4.96. The largest absolute Gasteiger partial charge is 0.373 e. The minimum Gasteiger partial charge on any atom is -0.373 e. The molecular weight excluding hydrogens is 264 g/mol. The minimum absolute atomic E-state index is 0.269. The molecule has 0 aromatic rings. The van der Waals surface area contributed by atoms with Crippen LogP contribution >= 0.6 is 0 Å². The first-order valence-corrected chi connectivity index (χ1v) is 8.69. The molecule has 0 N–H and O–H groups in total. The fourth-order valence-corrected chi connectivity index (χ4v) is 4.09. The molecule has 2 saturated heterocycles. The van der Waals surface area contributed by atoms with Crippen LogP contribution in [0.3, 0.4) is 0 Å². The van der Waals surface area contributed by atoms with Crippen molar-refractivity contribution in [3.05, 3.63) is 12.7 Å². The van der Waals surface area contributed by atoms with Crippen LogP contribution in [0.15, 0.2) is 12.7 Å². The number of hydrogen-bond acceptors (Lipinski definition) is 4. The monoisotopic (exact) mass is 294 g/mol. The Hall–Kier alpha value is -0.420. The van der Waals surface area contributed by atoms with Crippen molar-refractivity contribution in [1.82, 2.24) is 9.80 Å². The summed E-state index contributed by atoms with van der Waals surface area (Å²) in [6.45, 7) is 11.3. The number of piperidine rings is 1. The summed E-state index contributed by atoms with van der Waals surface area (Å²) in [5.41, 5.74) is 0. The molecule has 0 radical (unpaired) electrons. The Morgan fingerprint density at radius 3 is 2.76 bits per heavy atom. The number of likely N-dealkylation sites (tertiary alicyclic amines) is 1. The molecule has 3 fully saturated rings. The van der Waals surface area contributed by atoms with E-state index in [1.165, 1.54) is 51.9 Å². The molecule has 2 heterocycles. The molecular formula is C17H30N2O2. The Kier molecular flexibility index (Phi) is 5.69. The fourth-order valence-electron chi connectivity index (χ4n) is 4.09. The molecule has 3 atom stereocenters. The molecule has 0 aromatic heterocycles. The van der Waals surface area contributed by atoms with E-state index in [2.05, 4.69) is 16.4 Å². The van der Waals surface area contributed by atoms with Gasteiger partial charge in [-0.2, -0.15) is 0 Å². The molecule has 0 spiro atoms. The maximum Gasteiger partial charge on any atom is 0.0992 e. The van der Waals surface area contributed by atoms with Crippen LogP contribution in [0.4, 0.5) is 0 Å². The zero-order valence-electron chi connectivity index (χ0n) is 13.2. The van der Waals surface area contributed by atoms with Crippen molar-refractivity contribution in [2.75, 3.05) is 45.9 Å². The lowest BCUT2D eigenvalue weighted by molar-refractivity contribution is -0.110. The van der Waals surface area contributed by atoms with Gasteiger partial charge in [-0.1, -0.05) is 12.5 Å². The highest BCUT2D eigenvalue weighted by Crippen LogP contribution is 2.32. The zero-order chi connectivity index (χ0) is 14.5. The molecule has 0 amide bonds. The average Bonchev–Trinajstić information content (AvgIpc) is 2.95. The van der Waals surface area contributed by atoms with E-state index in [1.54, 1.807) is 0 Å². The molecule has 1 aliphatic carbocycles. The van der Waals surface area contributed by atoms with Gasteiger partial charge in [0, 0.05) is 25.7 Å². The van der Waals surface area contributed by atoms with Crippen LogP contribution < -0.4 is 0 Å². The van der Waals surface area contributed by atoms with Gasteiger partial charge in [-0.3, -0.25) is 4.90 Å². The third kappa shape index (κ3) is 3.86. The zero-order valence-corrected chi connectivity index (χ0v) is 13.2. The van der Waals surface area contributed by atoms with E-state index in [9.17, 15) is 0 Å². The van der Waals surface area contributed by atoms with Gasteiger partial charge in [0.1, 0.15) is 0 Å². The third-order valence-electron chi connectivity index (χ3n) is 5.23. The second kappa shape index (κ2) is 7.73. The summed E-state index contributed by atoms with van der Waals surface area (Å²) >= 11 is 0. The van der Waals surface area contributed by atoms with Crippen molar-refractivity contribution in [2.45, 2.75) is 50.4 Å². The van der Waals surface area contributed by atoms with Crippen molar-refractivity contribution in [1.29, 1.82) is 0 Å². The second-order valence-electron chi connectivity index (χ2n) is 6.58. The quantitative estimate of drug-likeness (QED) is 0.699. The number of morpholine rings is 1. The van der Waals surface area contributed by atoms with E-state index < -0.39 is 0 Å². The van der Waals surface area contributed by atoms with E-state index in [4.69, 9.17) is 9.47 Å². The smallest absolute Gasteiger partial charge is 0.0992 e. The molecule has 120 valence electrons. The first-order chi connectivity index (χ1) is 10.4. The third-order valence-corrected chi connectivity index (χ3v) is 5.23. The van der Waals surface area contributed by atoms with Gasteiger partial charge < -0.3 is 14.4 Å². The molecule has 21 heavy (non-hydrogen) atoms. The van der Waals surface area contributed by atoms with Gasteiger partial charge in [0.05, 0.1) is 25.4 Å². The first-order valence-electron chi connectivity index (χ1n) is 8.69. The standard InChI is InChI=1S/C17H30N2O2/c1-2-13-20-16-7-6-15-17(16)21-14-12-19(15)11-10-18-8-4-3-5-9-18/h2,15-17H,1,3-14H2/t15-,16+,17+/m0/s1. The van der Waals surface area contributed by atoms with Gasteiger partial charge in [0.15, 0.2) is 0 Å². The van der Waals surface area contributed by atoms with Gasteiger partial charge >= 0.3 is 0 Å².